The Morgan fingerprint density at radius 3 is 1.88 bits per heavy atom. The minimum atomic E-state index is -3.76. The summed E-state index contributed by atoms with van der Waals surface area (Å²) in [7, 11) is -3.76. The molecule has 0 radical (unpaired) electrons. The van der Waals surface area contributed by atoms with E-state index in [0.717, 1.165) is 11.7 Å². The van der Waals surface area contributed by atoms with Crippen molar-refractivity contribution in [2.45, 2.75) is 91.0 Å². The van der Waals surface area contributed by atoms with Gasteiger partial charge in [0.1, 0.15) is 5.75 Å². The molecule has 0 aromatic heterocycles. The van der Waals surface area contributed by atoms with E-state index in [1.807, 2.05) is 12.1 Å². The second-order valence-corrected chi connectivity index (χ2v) is 11.3. The van der Waals surface area contributed by atoms with Crippen molar-refractivity contribution < 1.29 is 32.4 Å². The van der Waals surface area contributed by atoms with Crippen LogP contribution in [0.2, 0.25) is 6.04 Å². The molecule has 1 aromatic rings. The fourth-order valence-electron chi connectivity index (χ4n) is 4.54. The minimum Gasteiger partial charge on any atom is -0.494 e. The van der Waals surface area contributed by atoms with Gasteiger partial charge in [0, 0.05) is 20.8 Å². The Kier molecular flexibility index (Phi) is 10.9. The first-order valence-corrected chi connectivity index (χ1v) is 14.0. The summed E-state index contributed by atoms with van der Waals surface area (Å²) in [6.45, 7) is 6.30. The van der Waals surface area contributed by atoms with Crippen molar-refractivity contribution in [2.24, 2.45) is 5.92 Å². The van der Waals surface area contributed by atoms with Crippen LogP contribution in [-0.2, 0) is 27.7 Å². The van der Waals surface area contributed by atoms with Gasteiger partial charge in [-0.25, -0.2) is 0 Å². The lowest BCUT2D eigenvalue weighted by atomic mass is 9.77. The maximum absolute atomic E-state index is 11.5. The third-order valence-electron chi connectivity index (χ3n) is 5.94. The molecule has 1 saturated carbocycles. The van der Waals surface area contributed by atoms with Crippen molar-refractivity contribution in [3.8, 4) is 5.75 Å². The first-order chi connectivity index (χ1) is 15.7. The second-order valence-electron chi connectivity index (χ2n) is 8.84. The summed E-state index contributed by atoms with van der Waals surface area (Å²) in [4.78, 5) is 34.5. The number of hydrogen-bond acceptors (Lipinski definition) is 7. The third kappa shape index (κ3) is 9.58. The molecule has 0 bridgehead atoms. The van der Waals surface area contributed by atoms with Crippen molar-refractivity contribution in [3.63, 3.8) is 0 Å². The average molecular weight is 479 g/mol. The standard InChI is InChI=1S/C25H38O7Si/c1-5-8-22-9-11-23(12-10-22)24-13-15-25(16-14-24)29-17-6-7-18-33(30-19(2)26,31-20(3)27)32-21(4)28/h13-16,22-23H,5-12,17-18H2,1-4H3/t22-,23-. The smallest absolute Gasteiger partial charge is 0.494 e. The molecule has 1 aromatic carbocycles. The molecule has 7 nitrogen and oxygen atoms in total. The molecule has 0 unspecified atom stereocenters. The van der Waals surface area contributed by atoms with Crippen molar-refractivity contribution >= 4 is 26.7 Å². The van der Waals surface area contributed by atoms with Crippen LogP contribution in [0, 0.1) is 5.92 Å². The van der Waals surface area contributed by atoms with Crippen LogP contribution in [0.4, 0.5) is 0 Å². The second kappa shape index (κ2) is 13.4. The molecule has 184 valence electrons. The SMILES string of the molecule is CCC[C@H]1CC[C@H](c2ccc(OCCCC[Si](OC(C)=O)(OC(C)=O)OC(C)=O)cc2)CC1. The van der Waals surface area contributed by atoms with E-state index in [1.165, 1.54) is 64.9 Å². The Bertz CT molecular complexity index is 729. The van der Waals surface area contributed by atoms with Gasteiger partial charge in [-0.3, -0.25) is 14.4 Å². The average Bonchev–Trinajstić information content (AvgIpc) is 2.73. The lowest BCUT2D eigenvalue weighted by Crippen LogP contribution is -2.49. The van der Waals surface area contributed by atoms with Crippen LogP contribution in [-0.4, -0.2) is 33.3 Å². The number of carbonyl (C=O) groups is 3. The first-order valence-electron chi connectivity index (χ1n) is 12.0. The Balaban J connectivity index is 1.80. The molecular weight excluding hydrogens is 440 g/mol. The van der Waals surface area contributed by atoms with Gasteiger partial charge < -0.3 is 18.0 Å². The lowest BCUT2D eigenvalue weighted by molar-refractivity contribution is -0.147. The van der Waals surface area contributed by atoms with E-state index in [2.05, 4.69) is 19.1 Å². The molecule has 0 amide bonds. The number of carbonyl (C=O) groups excluding carboxylic acids is 3. The molecule has 0 atom stereocenters. The van der Waals surface area contributed by atoms with Gasteiger partial charge in [0.25, 0.3) is 17.9 Å². The summed E-state index contributed by atoms with van der Waals surface area (Å²) >= 11 is 0. The first kappa shape index (κ1) is 26.9. The Hall–Kier alpha value is -2.35. The van der Waals surface area contributed by atoms with Crippen LogP contribution in [0.3, 0.4) is 0 Å². The van der Waals surface area contributed by atoms with E-state index in [1.54, 1.807) is 0 Å². The highest BCUT2D eigenvalue weighted by atomic mass is 28.4. The van der Waals surface area contributed by atoms with Gasteiger partial charge >= 0.3 is 8.80 Å². The fraction of sp³-hybridized carbons (Fsp3) is 0.640. The van der Waals surface area contributed by atoms with Crippen LogP contribution >= 0.6 is 0 Å². The van der Waals surface area contributed by atoms with Crippen LogP contribution < -0.4 is 4.74 Å². The fourth-order valence-corrected chi connectivity index (χ4v) is 6.96. The molecule has 2 rings (SSSR count). The van der Waals surface area contributed by atoms with Crippen molar-refractivity contribution in [1.82, 2.24) is 0 Å². The molecule has 0 heterocycles. The van der Waals surface area contributed by atoms with Crippen molar-refractivity contribution in [3.05, 3.63) is 29.8 Å². The molecule has 0 spiro atoms. The predicted molar refractivity (Wildman–Crippen MR) is 127 cm³/mol. The number of ether oxygens (including phenoxy) is 1. The van der Waals surface area contributed by atoms with Crippen LogP contribution in [0.15, 0.2) is 24.3 Å². The van der Waals surface area contributed by atoms with Crippen molar-refractivity contribution in [2.75, 3.05) is 6.61 Å². The summed E-state index contributed by atoms with van der Waals surface area (Å²) in [6, 6.07) is 8.53. The van der Waals surface area contributed by atoms with Gasteiger partial charge in [-0.1, -0.05) is 31.9 Å². The van der Waals surface area contributed by atoms with Gasteiger partial charge in [-0.05, 0) is 68.1 Å². The van der Waals surface area contributed by atoms with E-state index >= 15 is 0 Å². The van der Waals surface area contributed by atoms with Gasteiger partial charge in [-0.15, -0.1) is 0 Å². The monoisotopic (exact) mass is 478 g/mol. The zero-order chi connectivity index (χ0) is 24.3. The molecule has 8 heteroatoms. The minimum absolute atomic E-state index is 0.161. The van der Waals surface area contributed by atoms with Gasteiger partial charge in [0.05, 0.1) is 12.7 Å². The maximum Gasteiger partial charge on any atom is 0.705 e. The Morgan fingerprint density at radius 1 is 0.848 bits per heavy atom. The summed E-state index contributed by atoms with van der Waals surface area (Å²) in [5.41, 5.74) is 1.39. The molecule has 0 saturated heterocycles. The lowest BCUT2D eigenvalue weighted by Gasteiger charge is -2.28. The Labute approximate surface area is 198 Å². The van der Waals surface area contributed by atoms with E-state index in [-0.39, 0.29) is 6.04 Å². The molecular formula is C25H38O7Si. The molecule has 1 fully saturated rings. The zero-order valence-corrected chi connectivity index (χ0v) is 21.4. The zero-order valence-electron chi connectivity index (χ0n) is 20.4. The van der Waals surface area contributed by atoms with Gasteiger partial charge in [0.15, 0.2) is 0 Å². The van der Waals surface area contributed by atoms with Gasteiger partial charge in [-0.2, -0.15) is 0 Å². The topological polar surface area (TPSA) is 88.1 Å². The summed E-state index contributed by atoms with van der Waals surface area (Å²) in [5, 5.41) is 0. The molecule has 1 aliphatic rings. The highest BCUT2D eigenvalue weighted by molar-refractivity contribution is 6.65. The van der Waals surface area contributed by atoms with Gasteiger partial charge in [0.2, 0.25) is 0 Å². The summed E-state index contributed by atoms with van der Waals surface area (Å²) < 4.78 is 21.4. The highest BCUT2D eigenvalue weighted by Gasteiger charge is 2.51. The quantitative estimate of drug-likeness (QED) is 0.287. The number of unbranched alkanes of at least 4 members (excludes halogenated alkanes) is 1. The number of benzene rings is 1. The van der Waals surface area contributed by atoms with Crippen molar-refractivity contribution in [1.29, 1.82) is 0 Å². The summed E-state index contributed by atoms with van der Waals surface area (Å²) in [6.07, 6.45) is 8.96. The highest BCUT2D eigenvalue weighted by Crippen LogP contribution is 2.37. The number of rotatable bonds is 12. The Morgan fingerprint density at radius 2 is 1.39 bits per heavy atom. The normalized spacial score (nSPS) is 18.3. The number of hydrogen-bond donors (Lipinski definition) is 0. The van der Waals surface area contributed by atoms with Crippen LogP contribution in [0.5, 0.6) is 5.75 Å². The van der Waals surface area contributed by atoms with E-state index in [4.69, 9.17) is 18.0 Å². The predicted octanol–water partition coefficient (Wildman–Crippen LogP) is 5.55. The van der Waals surface area contributed by atoms with E-state index < -0.39 is 26.7 Å². The summed E-state index contributed by atoms with van der Waals surface area (Å²) in [5.74, 6) is 0.396. The molecule has 0 N–H and O–H groups in total. The van der Waals surface area contributed by atoms with Crippen LogP contribution in [0.1, 0.15) is 90.5 Å². The van der Waals surface area contributed by atoms with E-state index in [0.29, 0.717) is 25.4 Å². The van der Waals surface area contributed by atoms with Crippen LogP contribution in [0.25, 0.3) is 0 Å². The largest absolute Gasteiger partial charge is 0.705 e. The third-order valence-corrected chi connectivity index (χ3v) is 8.70. The maximum atomic E-state index is 11.5. The molecule has 1 aliphatic carbocycles. The molecule has 0 aliphatic heterocycles. The van der Waals surface area contributed by atoms with E-state index in [9.17, 15) is 14.4 Å². The molecule has 33 heavy (non-hydrogen) atoms.